The van der Waals surface area contributed by atoms with E-state index in [4.69, 9.17) is 4.74 Å². The van der Waals surface area contributed by atoms with Gasteiger partial charge in [0.1, 0.15) is 0 Å². The Balaban J connectivity index is 1.44. The van der Waals surface area contributed by atoms with Crippen molar-refractivity contribution in [1.29, 1.82) is 0 Å². The maximum absolute atomic E-state index is 12.2. The van der Waals surface area contributed by atoms with E-state index in [-0.39, 0.29) is 6.09 Å². The molecule has 2 atom stereocenters. The van der Waals surface area contributed by atoms with E-state index in [1.807, 2.05) is 0 Å². The SMILES string of the molecule is O=C(NC1CCCCC1)OCC1CCCCCC1CN1CCCCC1. The van der Waals surface area contributed by atoms with E-state index in [9.17, 15) is 4.79 Å². The van der Waals surface area contributed by atoms with E-state index in [1.54, 1.807) is 0 Å². The first-order valence-electron chi connectivity index (χ1n) is 11.0. The molecule has 3 aliphatic rings. The minimum atomic E-state index is -0.173. The van der Waals surface area contributed by atoms with Crippen molar-refractivity contribution in [2.75, 3.05) is 26.2 Å². The highest BCUT2D eigenvalue weighted by Gasteiger charge is 2.27. The number of likely N-dealkylation sites (tertiary alicyclic amines) is 1. The molecular weight excluding hydrogens is 312 g/mol. The van der Waals surface area contributed by atoms with E-state index < -0.39 is 0 Å². The first-order valence-corrected chi connectivity index (χ1v) is 11.0. The van der Waals surface area contributed by atoms with Crippen LogP contribution in [-0.2, 0) is 4.74 Å². The van der Waals surface area contributed by atoms with Gasteiger partial charge in [-0.2, -0.15) is 0 Å². The van der Waals surface area contributed by atoms with Crippen LogP contribution < -0.4 is 5.32 Å². The number of hydrogen-bond donors (Lipinski definition) is 1. The van der Waals surface area contributed by atoms with E-state index in [0.29, 0.717) is 24.5 Å². The van der Waals surface area contributed by atoms with Gasteiger partial charge in [0.25, 0.3) is 0 Å². The van der Waals surface area contributed by atoms with Crippen LogP contribution in [0.2, 0.25) is 0 Å². The largest absolute Gasteiger partial charge is 0.449 e. The number of nitrogens with zero attached hydrogens (tertiary/aromatic N) is 1. The second-order valence-corrected chi connectivity index (χ2v) is 8.60. The predicted molar refractivity (Wildman–Crippen MR) is 102 cm³/mol. The highest BCUT2D eigenvalue weighted by atomic mass is 16.5. The van der Waals surface area contributed by atoms with Gasteiger partial charge in [-0.1, -0.05) is 44.9 Å². The van der Waals surface area contributed by atoms with E-state index in [0.717, 1.165) is 12.8 Å². The molecule has 3 fully saturated rings. The van der Waals surface area contributed by atoms with Gasteiger partial charge in [-0.15, -0.1) is 0 Å². The monoisotopic (exact) mass is 350 g/mol. The second kappa shape index (κ2) is 10.4. The van der Waals surface area contributed by atoms with Crippen molar-refractivity contribution in [3.63, 3.8) is 0 Å². The number of carbonyl (C=O) groups excluding carboxylic acids is 1. The van der Waals surface area contributed by atoms with Crippen LogP contribution in [-0.4, -0.2) is 43.3 Å². The van der Waals surface area contributed by atoms with Crippen LogP contribution in [0.3, 0.4) is 0 Å². The molecule has 0 aromatic carbocycles. The average Bonchev–Trinajstić information content (AvgIpc) is 2.87. The predicted octanol–water partition coefficient (Wildman–Crippen LogP) is 4.73. The summed E-state index contributed by atoms with van der Waals surface area (Å²) in [7, 11) is 0. The molecule has 0 radical (unpaired) electrons. The summed E-state index contributed by atoms with van der Waals surface area (Å²) < 4.78 is 5.69. The van der Waals surface area contributed by atoms with E-state index in [2.05, 4.69) is 10.2 Å². The standard InChI is InChI=1S/C21H38N2O2/c24-21(22-20-12-6-2-7-13-20)25-17-19-11-5-1-4-10-18(19)16-23-14-8-3-9-15-23/h18-20H,1-17H2,(H,22,24). The molecule has 4 heteroatoms. The van der Waals surface area contributed by atoms with Crippen molar-refractivity contribution in [3.05, 3.63) is 0 Å². The fraction of sp³-hybridized carbons (Fsp3) is 0.952. The third-order valence-corrected chi connectivity index (χ3v) is 6.61. The summed E-state index contributed by atoms with van der Waals surface area (Å²) in [4.78, 5) is 14.9. The molecule has 2 unspecified atom stereocenters. The van der Waals surface area contributed by atoms with Crippen molar-refractivity contribution >= 4 is 6.09 Å². The van der Waals surface area contributed by atoms with Gasteiger partial charge >= 0.3 is 6.09 Å². The normalized spacial score (nSPS) is 29.8. The van der Waals surface area contributed by atoms with Crippen LogP contribution in [0.1, 0.15) is 83.5 Å². The molecule has 0 bridgehead atoms. The van der Waals surface area contributed by atoms with Crippen molar-refractivity contribution in [3.8, 4) is 0 Å². The van der Waals surface area contributed by atoms with Crippen molar-refractivity contribution < 1.29 is 9.53 Å². The van der Waals surface area contributed by atoms with Crippen molar-refractivity contribution in [1.82, 2.24) is 10.2 Å². The average molecular weight is 351 g/mol. The Morgan fingerprint density at radius 3 is 2.12 bits per heavy atom. The van der Waals surface area contributed by atoms with Gasteiger partial charge in [0, 0.05) is 12.6 Å². The molecule has 1 N–H and O–H groups in total. The van der Waals surface area contributed by atoms with Crippen molar-refractivity contribution in [2.24, 2.45) is 11.8 Å². The lowest BCUT2D eigenvalue weighted by molar-refractivity contribution is 0.0853. The summed E-state index contributed by atoms with van der Waals surface area (Å²) >= 11 is 0. The number of amides is 1. The zero-order valence-corrected chi connectivity index (χ0v) is 16.0. The first-order chi connectivity index (χ1) is 12.3. The fourth-order valence-electron chi connectivity index (χ4n) is 5.03. The molecule has 1 aliphatic heterocycles. The molecular formula is C21H38N2O2. The van der Waals surface area contributed by atoms with Crippen LogP contribution in [0, 0.1) is 11.8 Å². The van der Waals surface area contributed by atoms with Crippen LogP contribution >= 0.6 is 0 Å². The number of ether oxygens (including phenoxy) is 1. The topological polar surface area (TPSA) is 41.6 Å². The van der Waals surface area contributed by atoms with Crippen LogP contribution in [0.5, 0.6) is 0 Å². The maximum atomic E-state index is 12.2. The highest BCUT2D eigenvalue weighted by Crippen LogP contribution is 2.30. The fourth-order valence-corrected chi connectivity index (χ4v) is 5.03. The first kappa shape index (κ1) is 19.0. The lowest BCUT2D eigenvalue weighted by Crippen LogP contribution is -2.39. The van der Waals surface area contributed by atoms with Crippen LogP contribution in [0.25, 0.3) is 0 Å². The summed E-state index contributed by atoms with van der Waals surface area (Å²) in [5.41, 5.74) is 0. The quantitative estimate of drug-likeness (QED) is 0.729. The molecule has 3 rings (SSSR count). The number of hydrogen-bond acceptors (Lipinski definition) is 3. The summed E-state index contributed by atoms with van der Waals surface area (Å²) in [5.74, 6) is 1.27. The summed E-state index contributed by atoms with van der Waals surface area (Å²) in [5, 5.41) is 3.10. The van der Waals surface area contributed by atoms with Crippen LogP contribution in [0.4, 0.5) is 4.79 Å². The van der Waals surface area contributed by atoms with Gasteiger partial charge < -0.3 is 15.0 Å². The Kier molecular flexibility index (Phi) is 7.90. The molecule has 2 saturated carbocycles. The molecule has 1 heterocycles. The molecule has 25 heavy (non-hydrogen) atoms. The highest BCUT2D eigenvalue weighted by molar-refractivity contribution is 5.67. The van der Waals surface area contributed by atoms with Gasteiger partial charge in [-0.3, -0.25) is 0 Å². The number of alkyl carbamates (subject to hydrolysis) is 1. The summed E-state index contributed by atoms with van der Waals surface area (Å²) in [6.07, 6.45) is 16.5. The minimum absolute atomic E-state index is 0.173. The number of rotatable bonds is 5. The maximum Gasteiger partial charge on any atom is 0.407 e. The lowest BCUT2D eigenvalue weighted by atomic mass is 9.87. The smallest absolute Gasteiger partial charge is 0.407 e. The second-order valence-electron chi connectivity index (χ2n) is 8.60. The van der Waals surface area contributed by atoms with E-state index >= 15 is 0 Å². The molecule has 1 amide bonds. The number of carbonyl (C=O) groups is 1. The lowest BCUT2D eigenvalue weighted by Gasteiger charge is -2.33. The molecule has 0 aromatic heterocycles. The zero-order valence-electron chi connectivity index (χ0n) is 16.0. The molecule has 1 saturated heterocycles. The zero-order chi connectivity index (χ0) is 17.3. The Labute approximate surface area is 154 Å². The third-order valence-electron chi connectivity index (χ3n) is 6.61. The molecule has 144 valence electrons. The van der Waals surface area contributed by atoms with Gasteiger partial charge in [0.2, 0.25) is 0 Å². The number of piperidine rings is 1. The molecule has 0 aromatic rings. The third kappa shape index (κ3) is 6.47. The summed E-state index contributed by atoms with van der Waals surface area (Å²) in [6.45, 7) is 4.38. The molecule has 4 nitrogen and oxygen atoms in total. The Hall–Kier alpha value is -0.770. The van der Waals surface area contributed by atoms with Crippen LogP contribution in [0.15, 0.2) is 0 Å². The molecule has 2 aliphatic carbocycles. The van der Waals surface area contributed by atoms with Gasteiger partial charge in [0.05, 0.1) is 6.61 Å². The van der Waals surface area contributed by atoms with E-state index in [1.165, 1.54) is 90.3 Å². The Morgan fingerprint density at radius 1 is 0.800 bits per heavy atom. The van der Waals surface area contributed by atoms with Gasteiger partial charge in [-0.05, 0) is 63.5 Å². The Morgan fingerprint density at radius 2 is 1.40 bits per heavy atom. The van der Waals surface area contributed by atoms with Crippen molar-refractivity contribution in [2.45, 2.75) is 89.5 Å². The summed E-state index contributed by atoms with van der Waals surface area (Å²) in [6, 6.07) is 0.347. The molecule has 0 spiro atoms. The van der Waals surface area contributed by atoms with Gasteiger partial charge in [-0.25, -0.2) is 4.79 Å². The van der Waals surface area contributed by atoms with Gasteiger partial charge in [0.15, 0.2) is 0 Å². The Bertz CT molecular complexity index is 389. The number of nitrogens with one attached hydrogen (secondary N) is 1. The minimum Gasteiger partial charge on any atom is -0.449 e.